The molecule has 0 aliphatic carbocycles. The highest BCUT2D eigenvalue weighted by molar-refractivity contribution is 6.30. The standard InChI is InChI=1S/C14H19ClF2N2O/c1-10(9-19-2-4-20-5-3-19)18-8-11-6-14(17)12(15)7-13(11)16/h6-7,10,18H,2-5,8-9H2,1H3. The molecule has 1 aliphatic rings. The highest BCUT2D eigenvalue weighted by atomic mass is 35.5. The first-order valence-corrected chi connectivity index (χ1v) is 7.11. The maximum absolute atomic E-state index is 13.6. The number of benzene rings is 1. The van der Waals surface area contributed by atoms with E-state index in [2.05, 4.69) is 10.2 Å². The Kier molecular flexibility index (Phi) is 5.72. The van der Waals surface area contributed by atoms with Gasteiger partial charge in [-0.05, 0) is 19.1 Å². The van der Waals surface area contributed by atoms with Crippen LogP contribution in [0.3, 0.4) is 0 Å². The summed E-state index contributed by atoms with van der Waals surface area (Å²) in [6.07, 6.45) is 0. The predicted molar refractivity (Wildman–Crippen MR) is 74.9 cm³/mol. The van der Waals surface area contributed by atoms with E-state index in [9.17, 15) is 8.78 Å². The van der Waals surface area contributed by atoms with Gasteiger partial charge in [-0.15, -0.1) is 0 Å². The van der Waals surface area contributed by atoms with Gasteiger partial charge in [0, 0.05) is 37.8 Å². The first kappa shape index (κ1) is 15.6. The van der Waals surface area contributed by atoms with Crippen LogP contribution in [0.15, 0.2) is 12.1 Å². The number of nitrogens with one attached hydrogen (secondary N) is 1. The van der Waals surface area contributed by atoms with Crippen molar-refractivity contribution < 1.29 is 13.5 Å². The normalized spacial score (nSPS) is 18.2. The molecular formula is C14H19ClF2N2O. The maximum Gasteiger partial charge on any atom is 0.142 e. The van der Waals surface area contributed by atoms with E-state index in [0.29, 0.717) is 5.56 Å². The van der Waals surface area contributed by atoms with E-state index in [0.717, 1.165) is 45.0 Å². The molecule has 1 aromatic carbocycles. The van der Waals surface area contributed by atoms with Crippen molar-refractivity contribution in [2.45, 2.75) is 19.5 Å². The lowest BCUT2D eigenvalue weighted by Crippen LogP contribution is -2.44. The van der Waals surface area contributed by atoms with Crippen LogP contribution in [-0.4, -0.2) is 43.8 Å². The van der Waals surface area contributed by atoms with Crippen LogP contribution >= 0.6 is 11.6 Å². The molecule has 1 atom stereocenters. The molecule has 20 heavy (non-hydrogen) atoms. The number of hydrogen-bond donors (Lipinski definition) is 1. The van der Waals surface area contributed by atoms with Gasteiger partial charge in [0.1, 0.15) is 11.6 Å². The van der Waals surface area contributed by atoms with Gasteiger partial charge < -0.3 is 10.1 Å². The van der Waals surface area contributed by atoms with E-state index < -0.39 is 11.6 Å². The molecule has 2 rings (SSSR count). The molecule has 0 bridgehead atoms. The minimum Gasteiger partial charge on any atom is -0.379 e. The number of ether oxygens (including phenoxy) is 1. The summed E-state index contributed by atoms with van der Waals surface area (Å²) >= 11 is 5.52. The molecule has 112 valence electrons. The van der Waals surface area contributed by atoms with Gasteiger partial charge in [-0.1, -0.05) is 11.6 Å². The third-order valence-corrected chi connectivity index (χ3v) is 3.66. The fraction of sp³-hybridized carbons (Fsp3) is 0.571. The number of hydrogen-bond acceptors (Lipinski definition) is 3. The van der Waals surface area contributed by atoms with E-state index in [1.165, 1.54) is 0 Å². The fourth-order valence-corrected chi connectivity index (χ4v) is 2.37. The van der Waals surface area contributed by atoms with Crippen LogP contribution in [0.25, 0.3) is 0 Å². The Morgan fingerprint density at radius 2 is 2.00 bits per heavy atom. The Balaban J connectivity index is 1.83. The second-order valence-corrected chi connectivity index (χ2v) is 5.46. The average molecular weight is 305 g/mol. The summed E-state index contributed by atoms with van der Waals surface area (Å²) in [5, 5.41) is 3.01. The molecular weight excluding hydrogens is 286 g/mol. The van der Waals surface area contributed by atoms with Crippen LogP contribution < -0.4 is 5.32 Å². The van der Waals surface area contributed by atoms with Gasteiger partial charge >= 0.3 is 0 Å². The van der Waals surface area contributed by atoms with Crippen LogP contribution in [0, 0.1) is 11.6 Å². The zero-order valence-corrected chi connectivity index (χ0v) is 12.2. The molecule has 6 heteroatoms. The van der Waals surface area contributed by atoms with Crippen molar-refractivity contribution in [2.75, 3.05) is 32.8 Å². The van der Waals surface area contributed by atoms with Gasteiger partial charge in [-0.25, -0.2) is 8.78 Å². The van der Waals surface area contributed by atoms with E-state index in [4.69, 9.17) is 16.3 Å². The predicted octanol–water partition coefficient (Wildman–Crippen LogP) is 2.43. The molecule has 1 aliphatic heterocycles. The van der Waals surface area contributed by atoms with Crippen molar-refractivity contribution in [3.05, 3.63) is 34.4 Å². The van der Waals surface area contributed by atoms with Gasteiger partial charge in [0.25, 0.3) is 0 Å². The maximum atomic E-state index is 13.6. The summed E-state index contributed by atoms with van der Waals surface area (Å²) in [5.74, 6) is -1.08. The molecule has 0 spiro atoms. The molecule has 1 aromatic rings. The lowest BCUT2D eigenvalue weighted by atomic mass is 10.2. The smallest absolute Gasteiger partial charge is 0.142 e. The minimum absolute atomic E-state index is 0.186. The highest BCUT2D eigenvalue weighted by Gasteiger charge is 2.14. The van der Waals surface area contributed by atoms with Crippen molar-refractivity contribution in [2.24, 2.45) is 0 Å². The van der Waals surface area contributed by atoms with Gasteiger partial charge in [0.2, 0.25) is 0 Å². The summed E-state index contributed by atoms with van der Waals surface area (Å²) in [4.78, 5) is 2.29. The van der Waals surface area contributed by atoms with Crippen LogP contribution in [0.5, 0.6) is 0 Å². The zero-order chi connectivity index (χ0) is 14.5. The molecule has 0 saturated carbocycles. The van der Waals surface area contributed by atoms with Crippen molar-refractivity contribution in [1.29, 1.82) is 0 Å². The molecule has 1 N–H and O–H groups in total. The molecule has 0 amide bonds. The van der Waals surface area contributed by atoms with Crippen molar-refractivity contribution in [1.82, 2.24) is 10.2 Å². The molecule has 0 aromatic heterocycles. The van der Waals surface area contributed by atoms with Gasteiger partial charge in [0.15, 0.2) is 0 Å². The summed E-state index contributed by atoms with van der Waals surface area (Å²) in [7, 11) is 0. The van der Waals surface area contributed by atoms with Gasteiger partial charge in [-0.2, -0.15) is 0 Å². The third-order valence-electron chi connectivity index (χ3n) is 3.37. The Labute approximate surface area is 122 Å². The first-order chi connectivity index (χ1) is 9.56. The summed E-state index contributed by atoms with van der Waals surface area (Å²) in [6, 6.07) is 2.35. The van der Waals surface area contributed by atoms with Crippen molar-refractivity contribution in [3.8, 4) is 0 Å². The first-order valence-electron chi connectivity index (χ1n) is 6.73. The summed E-state index contributed by atoms with van der Waals surface area (Å²) < 4.78 is 32.2. The summed E-state index contributed by atoms with van der Waals surface area (Å²) in [6.45, 7) is 6.51. The molecule has 3 nitrogen and oxygen atoms in total. The topological polar surface area (TPSA) is 24.5 Å². The Morgan fingerprint density at radius 3 is 2.70 bits per heavy atom. The third kappa shape index (κ3) is 4.38. The van der Waals surface area contributed by atoms with Gasteiger partial charge in [-0.3, -0.25) is 4.90 Å². The van der Waals surface area contributed by atoms with E-state index in [-0.39, 0.29) is 17.6 Å². The second kappa shape index (κ2) is 7.31. The number of rotatable bonds is 5. The van der Waals surface area contributed by atoms with Crippen LogP contribution in [0.1, 0.15) is 12.5 Å². The number of nitrogens with zero attached hydrogens (tertiary/aromatic N) is 1. The Hall–Kier alpha value is -0.750. The molecule has 1 unspecified atom stereocenters. The monoisotopic (exact) mass is 304 g/mol. The minimum atomic E-state index is -0.592. The second-order valence-electron chi connectivity index (χ2n) is 5.05. The van der Waals surface area contributed by atoms with Crippen LogP contribution in [0.2, 0.25) is 5.02 Å². The largest absolute Gasteiger partial charge is 0.379 e. The quantitative estimate of drug-likeness (QED) is 0.846. The van der Waals surface area contributed by atoms with Crippen molar-refractivity contribution >= 4 is 11.6 Å². The lowest BCUT2D eigenvalue weighted by molar-refractivity contribution is 0.0343. The average Bonchev–Trinajstić information content (AvgIpc) is 2.42. The molecule has 1 saturated heterocycles. The lowest BCUT2D eigenvalue weighted by Gasteiger charge is -2.29. The van der Waals surface area contributed by atoms with E-state index in [1.807, 2.05) is 6.92 Å². The van der Waals surface area contributed by atoms with E-state index in [1.54, 1.807) is 0 Å². The Morgan fingerprint density at radius 1 is 1.30 bits per heavy atom. The van der Waals surface area contributed by atoms with E-state index >= 15 is 0 Å². The molecule has 1 heterocycles. The number of morpholine rings is 1. The van der Waals surface area contributed by atoms with Crippen LogP contribution in [0.4, 0.5) is 8.78 Å². The Bertz CT molecular complexity index is 453. The highest BCUT2D eigenvalue weighted by Crippen LogP contribution is 2.19. The molecule has 1 fully saturated rings. The number of halogens is 3. The zero-order valence-electron chi connectivity index (χ0n) is 11.5. The molecule has 0 radical (unpaired) electrons. The SMILES string of the molecule is CC(CN1CCOCC1)NCc1cc(F)c(Cl)cc1F. The summed E-state index contributed by atoms with van der Waals surface area (Å²) in [5.41, 5.74) is 0.292. The fourth-order valence-electron chi connectivity index (χ4n) is 2.22. The van der Waals surface area contributed by atoms with Crippen molar-refractivity contribution in [3.63, 3.8) is 0 Å². The van der Waals surface area contributed by atoms with Crippen LogP contribution in [-0.2, 0) is 11.3 Å². The van der Waals surface area contributed by atoms with Gasteiger partial charge in [0.05, 0.1) is 18.2 Å².